The van der Waals surface area contributed by atoms with E-state index in [4.69, 9.17) is 11.6 Å². The minimum Gasteiger partial charge on any atom is -0.295 e. The quantitative estimate of drug-likeness (QED) is 0.0651. The summed E-state index contributed by atoms with van der Waals surface area (Å²) in [5, 5.41) is 4.48. The third-order valence-corrected chi connectivity index (χ3v) is 7.68. The van der Waals surface area contributed by atoms with Gasteiger partial charge in [-0.05, 0) is 107 Å². The molecule has 0 bridgehead atoms. The lowest BCUT2D eigenvalue weighted by Gasteiger charge is -2.16. The van der Waals surface area contributed by atoms with E-state index in [1.807, 2.05) is 72.7 Å². The fraction of sp³-hybridized carbons (Fsp3) is 0.550. The largest absolute Gasteiger partial charge is 0.314 e. The summed E-state index contributed by atoms with van der Waals surface area (Å²) in [4.78, 5) is 52.2. The van der Waals surface area contributed by atoms with E-state index >= 15 is 0 Å². The van der Waals surface area contributed by atoms with Gasteiger partial charge in [-0.1, -0.05) is 97.2 Å². The number of aryl methyl sites for hydroxylation is 6. The van der Waals surface area contributed by atoms with Crippen molar-refractivity contribution in [2.75, 3.05) is 13.6 Å². The maximum atomic E-state index is 12.7. The number of aliphatic imine (C=N–C) groups is 1. The number of rotatable bonds is 14. The molecule has 0 saturated heterocycles. The van der Waals surface area contributed by atoms with Crippen LogP contribution in [0.2, 0.25) is 0 Å². The molecule has 0 aliphatic heterocycles. The standard InChI is InChI=1S/C19H28N2O2.C13H15ClO2.C7H15N.CH4/c1-7-10-14(5)20-21(6)19(23)18(22)17-15(8-2)11-13(4)12-16(17)9-3;1-4-9-6-8(3)7-10(5-2)11(9)12(15)13(14)16;1-4-6-7(3)8-5-2;/h11-12H,7-10H2,1-6H3;6-7H,4-5H2,1-3H3;4-6H2,1-3H3;1H4. The van der Waals surface area contributed by atoms with E-state index in [0.29, 0.717) is 11.1 Å². The van der Waals surface area contributed by atoms with Crippen LogP contribution in [0.15, 0.2) is 34.4 Å². The van der Waals surface area contributed by atoms with E-state index in [0.717, 1.165) is 90.6 Å². The van der Waals surface area contributed by atoms with Gasteiger partial charge in [0.15, 0.2) is 0 Å². The van der Waals surface area contributed by atoms with Crippen LogP contribution in [0.5, 0.6) is 0 Å². The molecule has 8 heteroatoms. The van der Waals surface area contributed by atoms with Gasteiger partial charge in [0.2, 0.25) is 5.78 Å². The fourth-order valence-corrected chi connectivity index (χ4v) is 5.45. The summed E-state index contributed by atoms with van der Waals surface area (Å²) in [6.45, 7) is 23.1. The Labute approximate surface area is 296 Å². The van der Waals surface area contributed by atoms with Crippen molar-refractivity contribution in [1.82, 2.24) is 5.01 Å². The van der Waals surface area contributed by atoms with Gasteiger partial charge in [-0.15, -0.1) is 0 Å². The van der Waals surface area contributed by atoms with E-state index in [2.05, 4.69) is 37.8 Å². The maximum absolute atomic E-state index is 12.7. The molecule has 268 valence electrons. The van der Waals surface area contributed by atoms with E-state index in [1.165, 1.54) is 17.1 Å². The topological polar surface area (TPSA) is 96.2 Å². The molecule has 7 nitrogen and oxygen atoms in total. The lowest BCUT2D eigenvalue weighted by atomic mass is 9.92. The minimum atomic E-state index is -0.909. The van der Waals surface area contributed by atoms with Crippen LogP contribution in [0.1, 0.15) is 150 Å². The normalized spacial score (nSPS) is 10.9. The second-order valence-electron chi connectivity index (χ2n) is 11.6. The Morgan fingerprint density at radius 3 is 1.31 bits per heavy atom. The first kappa shape index (κ1) is 46.7. The Balaban J connectivity index is 0. The molecule has 0 aliphatic carbocycles. The number of hydrogen-bond donors (Lipinski definition) is 0. The maximum Gasteiger partial charge on any atom is 0.314 e. The van der Waals surface area contributed by atoms with Gasteiger partial charge < -0.3 is 0 Å². The molecule has 0 saturated carbocycles. The number of hydrogen-bond acceptors (Lipinski definition) is 6. The lowest BCUT2D eigenvalue weighted by molar-refractivity contribution is -0.125. The van der Waals surface area contributed by atoms with Crippen LogP contribution in [0, 0.1) is 13.8 Å². The molecule has 0 aliphatic rings. The summed E-state index contributed by atoms with van der Waals surface area (Å²) in [6, 6.07) is 7.86. The molecule has 0 atom stereocenters. The molecule has 0 heterocycles. The number of Topliss-reactive ketones (excluding diaryl/α,β-unsaturated/α-hetero) is 2. The van der Waals surface area contributed by atoms with Gasteiger partial charge >= 0.3 is 5.91 Å². The molecule has 2 aromatic carbocycles. The van der Waals surface area contributed by atoms with Crippen LogP contribution >= 0.6 is 11.6 Å². The van der Waals surface area contributed by atoms with Crippen molar-refractivity contribution >= 4 is 45.7 Å². The number of carbonyl (C=O) groups excluding carboxylic acids is 4. The smallest absolute Gasteiger partial charge is 0.295 e. The first-order chi connectivity index (χ1) is 22.2. The van der Waals surface area contributed by atoms with Gasteiger partial charge in [-0.3, -0.25) is 24.2 Å². The highest BCUT2D eigenvalue weighted by Crippen LogP contribution is 2.22. The van der Waals surface area contributed by atoms with E-state index in [1.54, 1.807) is 7.05 Å². The number of nitrogens with zero attached hydrogens (tertiary/aromatic N) is 3. The van der Waals surface area contributed by atoms with Gasteiger partial charge in [0.25, 0.3) is 11.0 Å². The van der Waals surface area contributed by atoms with Gasteiger partial charge in [0, 0.05) is 36.1 Å². The Bertz CT molecular complexity index is 1380. The molecular formula is C40H62ClN3O4. The number of ketones is 2. The molecule has 0 spiro atoms. The first-order valence-electron chi connectivity index (χ1n) is 17.0. The Kier molecular flexibility index (Phi) is 24.0. The van der Waals surface area contributed by atoms with E-state index < -0.39 is 22.7 Å². The van der Waals surface area contributed by atoms with Crippen molar-refractivity contribution in [3.63, 3.8) is 0 Å². The number of benzene rings is 2. The molecule has 0 unspecified atom stereocenters. The summed E-state index contributed by atoms with van der Waals surface area (Å²) in [6.07, 6.45) is 7.05. The van der Waals surface area contributed by atoms with Crippen LogP contribution in [-0.2, 0) is 35.3 Å². The molecule has 0 N–H and O–H groups in total. The highest BCUT2D eigenvalue weighted by Gasteiger charge is 2.25. The SMILES string of the molecule is C.CCCC(C)=NCC.CCCC(C)=NN(C)C(=O)C(=O)c1c(CC)cc(C)cc1CC.CCc1cc(C)cc(CC)c1C(=O)C(=O)Cl. The molecule has 0 aromatic heterocycles. The fourth-order valence-electron chi connectivity index (χ4n) is 5.36. The van der Waals surface area contributed by atoms with Gasteiger partial charge in [-0.2, -0.15) is 5.10 Å². The molecule has 2 rings (SSSR count). The van der Waals surface area contributed by atoms with Crippen LogP contribution in [0.4, 0.5) is 0 Å². The van der Waals surface area contributed by atoms with E-state index in [9.17, 15) is 19.2 Å². The zero-order valence-corrected chi connectivity index (χ0v) is 31.8. The van der Waals surface area contributed by atoms with Crippen molar-refractivity contribution < 1.29 is 19.2 Å². The minimum absolute atomic E-state index is 0. The number of carbonyl (C=O) groups is 4. The van der Waals surface area contributed by atoms with Gasteiger partial charge in [-0.25, -0.2) is 5.01 Å². The zero-order chi connectivity index (χ0) is 36.3. The van der Waals surface area contributed by atoms with Crippen LogP contribution in [0.25, 0.3) is 0 Å². The van der Waals surface area contributed by atoms with Gasteiger partial charge in [0.1, 0.15) is 0 Å². The predicted molar refractivity (Wildman–Crippen MR) is 205 cm³/mol. The summed E-state index contributed by atoms with van der Waals surface area (Å²) < 4.78 is 0. The number of likely N-dealkylation sites (N-methyl/N-ethyl adjacent to an activating group) is 1. The van der Waals surface area contributed by atoms with Gasteiger partial charge in [0.05, 0.1) is 0 Å². The Hall–Kier alpha value is -3.45. The highest BCUT2D eigenvalue weighted by atomic mass is 35.5. The lowest BCUT2D eigenvalue weighted by Crippen LogP contribution is -2.31. The van der Waals surface area contributed by atoms with Crippen molar-refractivity contribution in [3.8, 4) is 0 Å². The number of halogens is 1. The number of hydrazone groups is 1. The molecule has 48 heavy (non-hydrogen) atoms. The average molecular weight is 684 g/mol. The monoisotopic (exact) mass is 683 g/mol. The predicted octanol–water partition coefficient (Wildman–Crippen LogP) is 9.91. The van der Waals surface area contributed by atoms with Crippen molar-refractivity contribution in [2.45, 2.75) is 135 Å². The average Bonchev–Trinajstić information content (AvgIpc) is 3.03. The summed E-state index contributed by atoms with van der Waals surface area (Å²) in [5.41, 5.74) is 9.08. The van der Waals surface area contributed by atoms with E-state index in [-0.39, 0.29) is 7.43 Å². The summed E-state index contributed by atoms with van der Waals surface area (Å²) >= 11 is 5.27. The second kappa shape index (κ2) is 24.7. The van der Waals surface area contributed by atoms with Crippen LogP contribution < -0.4 is 0 Å². The Morgan fingerprint density at radius 1 is 0.646 bits per heavy atom. The Morgan fingerprint density at radius 2 is 1.00 bits per heavy atom. The van der Waals surface area contributed by atoms with Crippen LogP contribution in [-0.4, -0.2) is 52.7 Å². The third-order valence-electron chi connectivity index (χ3n) is 7.51. The molecule has 0 radical (unpaired) electrons. The summed E-state index contributed by atoms with van der Waals surface area (Å²) in [7, 11) is 1.55. The first-order valence-corrected chi connectivity index (χ1v) is 17.4. The highest BCUT2D eigenvalue weighted by molar-refractivity contribution is 6.83. The van der Waals surface area contributed by atoms with Crippen LogP contribution in [0.3, 0.4) is 0 Å². The van der Waals surface area contributed by atoms with Crippen molar-refractivity contribution in [2.24, 2.45) is 10.1 Å². The molecule has 0 fully saturated rings. The van der Waals surface area contributed by atoms with Crippen molar-refractivity contribution in [3.05, 3.63) is 68.8 Å². The zero-order valence-electron chi connectivity index (χ0n) is 31.0. The van der Waals surface area contributed by atoms with Crippen molar-refractivity contribution in [1.29, 1.82) is 0 Å². The molecule has 1 amide bonds. The molecule has 2 aromatic rings. The summed E-state index contributed by atoms with van der Waals surface area (Å²) in [5.74, 6) is -1.63. The third kappa shape index (κ3) is 15.2. The second-order valence-corrected chi connectivity index (χ2v) is 12.0. The number of amides is 1. The molecular weight excluding hydrogens is 622 g/mol.